The van der Waals surface area contributed by atoms with Crippen LogP contribution in [0.1, 0.15) is 45.7 Å². The fraction of sp³-hybridized carbons (Fsp3) is 0.364. The van der Waals surface area contributed by atoms with Gasteiger partial charge in [0.15, 0.2) is 5.78 Å². The second kappa shape index (κ2) is 9.66. The number of thiazole rings is 1. The monoisotopic (exact) mass is 514 g/mol. The number of halogens is 5. The molecule has 0 spiro atoms. The standard InChI is InChI=1S/C22H19Cl2F3N4OS/c1-12-3-2-4-31(12)11-18-21(13-5-14(22(25,26)27)7-15(23)6-13)30-20(33-18)8-17(32)16-9-29-19(24)10-28-16/h5-7,9-10,12H,2-4,8,11H2,1H3/t12-/m1/s1. The minimum absolute atomic E-state index is 0.0256. The van der Waals surface area contributed by atoms with Crippen molar-refractivity contribution in [1.29, 1.82) is 0 Å². The van der Waals surface area contributed by atoms with Gasteiger partial charge in [0.25, 0.3) is 0 Å². The van der Waals surface area contributed by atoms with Gasteiger partial charge in [0.2, 0.25) is 0 Å². The fourth-order valence-corrected chi connectivity index (χ4v) is 5.24. The van der Waals surface area contributed by atoms with Gasteiger partial charge >= 0.3 is 6.18 Å². The lowest BCUT2D eigenvalue weighted by atomic mass is 10.1. The minimum Gasteiger partial charge on any atom is -0.296 e. The third kappa shape index (κ3) is 5.71. The molecule has 3 heterocycles. The van der Waals surface area contributed by atoms with E-state index in [1.807, 2.05) is 0 Å². The maximum atomic E-state index is 13.4. The Hall–Kier alpha value is -2.07. The first-order chi connectivity index (χ1) is 15.6. The van der Waals surface area contributed by atoms with Crippen LogP contribution < -0.4 is 0 Å². The van der Waals surface area contributed by atoms with Gasteiger partial charge in [0.05, 0.1) is 30.1 Å². The summed E-state index contributed by atoms with van der Waals surface area (Å²) in [5.74, 6) is -0.303. The smallest absolute Gasteiger partial charge is 0.296 e. The molecular formula is C22H19Cl2F3N4OS. The number of hydrogen-bond acceptors (Lipinski definition) is 6. The summed E-state index contributed by atoms with van der Waals surface area (Å²) in [5, 5.41) is 0.635. The Bertz CT molecular complexity index is 1170. The van der Waals surface area contributed by atoms with E-state index in [-0.39, 0.29) is 33.6 Å². The van der Waals surface area contributed by atoms with Gasteiger partial charge in [-0.25, -0.2) is 15.0 Å². The summed E-state index contributed by atoms with van der Waals surface area (Å²) >= 11 is 13.1. The number of aromatic nitrogens is 3. The largest absolute Gasteiger partial charge is 0.416 e. The van der Waals surface area contributed by atoms with Gasteiger partial charge in [-0.2, -0.15) is 13.2 Å². The molecule has 0 aliphatic carbocycles. The molecule has 3 aromatic rings. The van der Waals surface area contributed by atoms with E-state index in [0.29, 0.717) is 23.3 Å². The minimum atomic E-state index is -4.54. The van der Waals surface area contributed by atoms with Crippen LogP contribution in [0.5, 0.6) is 0 Å². The molecular weight excluding hydrogens is 496 g/mol. The predicted octanol–water partition coefficient (Wildman–Crippen LogP) is 6.34. The molecule has 2 aromatic heterocycles. The first-order valence-electron chi connectivity index (χ1n) is 10.2. The van der Waals surface area contributed by atoms with Gasteiger partial charge < -0.3 is 0 Å². The van der Waals surface area contributed by atoms with Crippen molar-refractivity contribution in [2.45, 2.75) is 44.9 Å². The van der Waals surface area contributed by atoms with Crippen LogP contribution in [0, 0.1) is 0 Å². The molecule has 0 saturated carbocycles. The number of nitrogens with zero attached hydrogens (tertiary/aromatic N) is 4. The number of rotatable bonds is 6. The third-order valence-corrected chi connectivity index (χ3v) is 6.95. The number of Topliss-reactive ketones (excluding diaryl/α,β-unsaturated/α-hetero) is 1. The quantitative estimate of drug-likeness (QED) is 0.359. The molecule has 0 N–H and O–H groups in total. The van der Waals surface area contributed by atoms with Crippen LogP contribution in [0.3, 0.4) is 0 Å². The summed E-state index contributed by atoms with van der Waals surface area (Å²) in [7, 11) is 0. The highest BCUT2D eigenvalue weighted by Gasteiger charge is 2.32. The maximum absolute atomic E-state index is 13.4. The summed E-state index contributed by atoms with van der Waals surface area (Å²) in [6.45, 7) is 3.56. The Labute approximate surface area is 202 Å². The highest BCUT2D eigenvalue weighted by Crippen LogP contribution is 2.38. The molecule has 1 fully saturated rings. The Morgan fingerprint density at radius 2 is 2.00 bits per heavy atom. The second-order valence-corrected chi connectivity index (χ2v) is 9.88. The Balaban J connectivity index is 1.70. The van der Waals surface area contributed by atoms with Crippen molar-refractivity contribution < 1.29 is 18.0 Å². The van der Waals surface area contributed by atoms with Crippen LogP contribution in [-0.2, 0) is 19.1 Å². The van der Waals surface area contributed by atoms with Crippen LogP contribution in [0.15, 0.2) is 30.6 Å². The molecule has 174 valence electrons. The lowest BCUT2D eigenvalue weighted by Crippen LogP contribution is -2.25. The van der Waals surface area contributed by atoms with Crippen LogP contribution >= 0.6 is 34.5 Å². The Morgan fingerprint density at radius 1 is 1.21 bits per heavy atom. The topological polar surface area (TPSA) is 59.0 Å². The number of ketones is 1. The fourth-order valence-electron chi connectivity index (χ4n) is 3.80. The molecule has 5 nitrogen and oxygen atoms in total. The van der Waals surface area contributed by atoms with E-state index in [1.165, 1.54) is 29.8 Å². The summed E-state index contributed by atoms with van der Waals surface area (Å²) in [4.78, 5) is 28.1. The molecule has 1 aliphatic rings. The maximum Gasteiger partial charge on any atom is 0.416 e. The Kier molecular flexibility index (Phi) is 7.04. The molecule has 33 heavy (non-hydrogen) atoms. The average Bonchev–Trinajstić information content (AvgIpc) is 3.33. The number of carbonyl (C=O) groups is 1. The molecule has 0 radical (unpaired) electrons. The summed E-state index contributed by atoms with van der Waals surface area (Å²) < 4.78 is 40.2. The SMILES string of the molecule is C[C@@H]1CCCN1Cc1sc(CC(=O)c2cnc(Cl)cn2)nc1-c1cc(Cl)cc(C(F)(F)F)c1. The third-order valence-electron chi connectivity index (χ3n) is 5.50. The van der Waals surface area contributed by atoms with Gasteiger partial charge in [0, 0.05) is 28.0 Å². The normalized spacial score (nSPS) is 17.0. The number of carbonyl (C=O) groups excluding carboxylic acids is 1. The Morgan fingerprint density at radius 3 is 2.64 bits per heavy atom. The zero-order chi connectivity index (χ0) is 23.8. The van der Waals surface area contributed by atoms with Crippen molar-refractivity contribution in [3.8, 4) is 11.3 Å². The van der Waals surface area contributed by atoms with E-state index in [2.05, 4.69) is 26.8 Å². The summed E-state index contributed by atoms with van der Waals surface area (Å²) in [5.41, 5.74) is -0.00414. The average molecular weight is 515 g/mol. The number of benzene rings is 1. The van der Waals surface area contributed by atoms with Gasteiger partial charge in [-0.3, -0.25) is 9.69 Å². The van der Waals surface area contributed by atoms with Crippen molar-refractivity contribution in [1.82, 2.24) is 19.9 Å². The molecule has 0 bridgehead atoms. The predicted molar refractivity (Wildman–Crippen MR) is 122 cm³/mol. The van der Waals surface area contributed by atoms with Gasteiger partial charge in [-0.05, 0) is 44.5 Å². The molecule has 11 heteroatoms. The van der Waals surface area contributed by atoms with E-state index in [9.17, 15) is 18.0 Å². The van der Waals surface area contributed by atoms with E-state index >= 15 is 0 Å². The number of alkyl halides is 3. The summed E-state index contributed by atoms with van der Waals surface area (Å²) in [6, 6.07) is 3.77. The molecule has 0 unspecified atom stereocenters. The van der Waals surface area contributed by atoms with Crippen molar-refractivity contribution in [2.24, 2.45) is 0 Å². The van der Waals surface area contributed by atoms with E-state index in [0.717, 1.165) is 36.4 Å². The van der Waals surface area contributed by atoms with Crippen LogP contribution in [0.4, 0.5) is 13.2 Å². The van der Waals surface area contributed by atoms with Crippen molar-refractivity contribution in [2.75, 3.05) is 6.54 Å². The molecule has 1 aliphatic heterocycles. The van der Waals surface area contributed by atoms with Crippen LogP contribution in [0.2, 0.25) is 10.2 Å². The first kappa shape index (κ1) is 24.1. The lowest BCUT2D eigenvalue weighted by Gasteiger charge is -2.20. The zero-order valence-electron chi connectivity index (χ0n) is 17.5. The highest BCUT2D eigenvalue weighted by atomic mass is 35.5. The molecule has 0 amide bonds. The number of hydrogen-bond donors (Lipinski definition) is 0. The lowest BCUT2D eigenvalue weighted by molar-refractivity contribution is -0.137. The highest BCUT2D eigenvalue weighted by molar-refractivity contribution is 7.12. The molecule has 1 aromatic carbocycles. The van der Waals surface area contributed by atoms with Crippen molar-refractivity contribution in [3.05, 3.63) is 61.9 Å². The zero-order valence-corrected chi connectivity index (χ0v) is 19.8. The van der Waals surface area contributed by atoms with E-state index in [1.54, 1.807) is 0 Å². The first-order valence-corrected chi connectivity index (χ1v) is 11.8. The van der Waals surface area contributed by atoms with Crippen molar-refractivity contribution in [3.63, 3.8) is 0 Å². The molecule has 1 atom stereocenters. The number of likely N-dealkylation sites (tertiary alicyclic amines) is 1. The van der Waals surface area contributed by atoms with Gasteiger partial charge in [0.1, 0.15) is 15.9 Å². The molecule has 4 rings (SSSR count). The van der Waals surface area contributed by atoms with Gasteiger partial charge in [-0.1, -0.05) is 23.2 Å². The van der Waals surface area contributed by atoms with E-state index in [4.69, 9.17) is 23.2 Å². The van der Waals surface area contributed by atoms with E-state index < -0.39 is 11.7 Å². The molecule has 1 saturated heterocycles. The summed E-state index contributed by atoms with van der Waals surface area (Å²) in [6.07, 6.45) is 0.114. The van der Waals surface area contributed by atoms with Gasteiger partial charge in [-0.15, -0.1) is 11.3 Å². The van der Waals surface area contributed by atoms with Crippen molar-refractivity contribution >= 4 is 40.3 Å². The van der Waals surface area contributed by atoms with Crippen LogP contribution in [-0.4, -0.2) is 38.2 Å². The second-order valence-electron chi connectivity index (χ2n) is 7.89. The van der Waals surface area contributed by atoms with Crippen LogP contribution in [0.25, 0.3) is 11.3 Å².